The monoisotopic (exact) mass is 652 g/mol. The van der Waals surface area contributed by atoms with E-state index in [-0.39, 0.29) is 81.5 Å². The molecule has 0 unspecified atom stereocenters. The number of piperazine rings is 1. The van der Waals surface area contributed by atoms with E-state index in [9.17, 15) is 33.9 Å². The predicted octanol–water partition coefficient (Wildman–Crippen LogP) is 1.15. The number of carboxylic acid groups (broad SMARTS) is 1. The lowest BCUT2D eigenvalue weighted by molar-refractivity contribution is -0.140. The molecule has 5 amide bonds. The highest BCUT2D eigenvalue weighted by molar-refractivity contribution is 5.99. The predicted molar refractivity (Wildman–Crippen MR) is 166 cm³/mol. The molecular formula is C32H40N6O9. The van der Waals surface area contributed by atoms with Gasteiger partial charge in [0.1, 0.15) is 23.5 Å². The van der Waals surface area contributed by atoms with Crippen LogP contribution >= 0.6 is 0 Å². The average molecular weight is 653 g/mol. The highest BCUT2D eigenvalue weighted by Gasteiger charge is 2.37. The van der Waals surface area contributed by atoms with Crippen LogP contribution in [0, 0.1) is 0 Å². The first-order valence-electron chi connectivity index (χ1n) is 16.0. The van der Waals surface area contributed by atoms with Gasteiger partial charge in [-0.2, -0.15) is 0 Å². The van der Waals surface area contributed by atoms with Crippen molar-refractivity contribution in [2.75, 3.05) is 45.9 Å². The van der Waals surface area contributed by atoms with Crippen molar-refractivity contribution in [1.82, 2.24) is 30.3 Å². The van der Waals surface area contributed by atoms with Crippen LogP contribution in [0.15, 0.2) is 30.3 Å². The summed E-state index contributed by atoms with van der Waals surface area (Å²) in [5, 5.41) is 15.5. The van der Waals surface area contributed by atoms with E-state index in [1.54, 1.807) is 31.2 Å². The molecule has 0 bridgehead atoms. The molecule has 252 valence electrons. The normalized spacial score (nSPS) is 18.4. The topological polar surface area (TPSA) is 188 Å². The molecule has 2 atom stereocenters. The molecule has 5 rings (SSSR count). The zero-order valence-corrected chi connectivity index (χ0v) is 26.3. The van der Waals surface area contributed by atoms with Crippen molar-refractivity contribution in [3.63, 3.8) is 0 Å². The van der Waals surface area contributed by atoms with Crippen LogP contribution in [0.3, 0.4) is 0 Å². The number of aromatic nitrogens is 1. The fourth-order valence-electron chi connectivity index (χ4n) is 5.77. The van der Waals surface area contributed by atoms with Crippen LogP contribution in [0.1, 0.15) is 55.9 Å². The highest BCUT2D eigenvalue weighted by Crippen LogP contribution is 2.27. The van der Waals surface area contributed by atoms with Crippen LogP contribution in [-0.4, -0.2) is 125 Å². The molecule has 2 saturated heterocycles. The standard InChI is InChI=1S/C32H40N6O9/c1-2-46-32(45)37-16-14-36(15-17-37)31(44)23(11-12-28(40)41)35-29(42)24-18-26(21-6-3-4-7-22(21)34-24)47-19-27(39)38-13-5-8-25(38)30(43)33-20-9-10-20/h3-4,6-7,18,20,23,25H,2,5,8-17,19H2,1H3,(H,33,43)(H,35,42)(H,40,41)/t23-,25+/m0/s1. The number of para-hydroxylation sites is 1. The Morgan fingerprint density at radius 1 is 1.00 bits per heavy atom. The Labute approximate surface area is 271 Å². The number of hydrogen-bond donors (Lipinski definition) is 3. The summed E-state index contributed by atoms with van der Waals surface area (Å²) < 4.78 is 11.0. The molecule has 2 aliphatic heterocycles. The smallest absolute Gasteiger partial charge is 0.409 e. The lowest BCUT2D eigenvalue weighted by Gasteiger charge is -2.35. The van der Waals surface area contributed by atoms with Gasteiger partial charge >= 0.3 is 12.1 Å². The van der Waals surface area contributed by atoms with E-state index in [4.69, 9.17) is 9.47 Å². The van der Waals surface area contributed by atoms with Gasteiger partial charge < -0.3 is 39.9 Å². The van der Waals surface area contributed by atoms with Crippen LogP contribution in [0.5, 0.6) is 5.75 Å². The number of amides is 5. The number of pyridine rings is 1. The zero-order chi connectivity index (χ0) is 33.5. The molecule has 3 aliphatic rings. The van der Waals surface area contributed by atoms with Crippen molar-refractivity contribution in [1.29, 1.82) is 0 Å². The van der Waals surface area contributed by atoms with Gasteiger partial charge in [0.2, 0.25) is 11.8 Å². The van der Waals surface area contributed by atoms with Crippen molar-refractivity contribution in [3.8, 4) is 5.75 Å². The van der Waals surface area contributed by atoms with Crippen LogP contribution in [0.2, 0.25) is 0 Å². The number of hydrogen-bond acceptors (Lipinski definition) is 9. The van der Waals surface area contributed by atoms with E-state index in [1.165, 1.54) is 20.8 Å². The maximum absolute atomic E-state index is 13.5. The molecule has 15 heteroatoms. The second-order valence-electron chi connectivity index (χ2n) is 11.8. The molecule has 15 nitrogen and oxygen atoms in total. The largest absolute Gasteiger partial charge is 0.483 e. The first-order valence-corrected chi connectivity index (χ1v) is 16.0. The van der Waals surface area contributed by atoms with E-state index in [0.717, 1.165) is 12.8 Å². The third-order valence-corrected chi connectivity index (χ3v) is 8.43. The van der Waals surface area contributed by atoms with Gasteiger partial charge in [0, 0.05) is 56.6 Å². The number of fused-ring (bicyclic) bond motifs is 1. The minimum atomic E-state index is -1.17. The fraction of sp³-hybridized carbons (Fsp3) is 0.531. The summed E-state index contributed by atoms with van der Waals surface area (Å²) in [5.41, 5.74) is 0.322. The van der Waals surface area contributed by atoms with E-state index in [1.807, 2.05) is 0 Å². The van der Waals surface area contributed by atoms with Crippen LogP contribution in [0.4, 0.5) is 4.79 Å². The first kappa shape index (κ1) is 33.4. The lowest BCUT2D eigenvalue weighted by Crippen LogP contribution is -2.56. The van der Waals surface area contributed by atoms with E-state index < -0.39 is 36.0 Å². The maximum atomic E-state index is 13.5. The number of likely N-dealkylation sites (tertiary alicyclic amines) is 1. The molecule has 3 heterocycles. The zero-order valence-electron chi connectivity index (χ0n) is 26.3. The van der Waals surface area contributed by atoms with Gasteiger partial charge in [0.25, 0.3) is 11.8 Å². The van der Waals surface area contributed by atoms with Gasteiger partial charge in [-0.25, -0.2) is 9.78 Å². The summed E-state index contributed by atoms with van der Waals surface area (Å²) >= 11 is 0. The minimum Gasteiger partial charge on any atom is -0.483 e. The van der Waals surface area contributed by atoms with Gasteiger partial charge in [-0.1, -0.05) is 12.1 Å². The van der Waals surface area contributed by atoms with Crippen molar-refractivity contribution >= 4 is 46.6 Å². The second-order valence-corrected chi connectivity index (χ2v) is 11.8. The van der Waals surface area contributed by atoms with Gasteiger partial charge in [-0.15, -0.1) is 0 Å². The van der Waals surface area contributed by atoms with Crippen molar-refractivity contribution < 1.29 is 43.3 Å². The molecule has 0 radical (unpaired) electrons. The molecule has 3 fully saturated rings. The van der Waals surface area contributed by atoms with Crippen LogP contribution in [-0.2, 0) is 23.9 Å². The quantitative estimate of drug-likeness (QED) is 0.300. The lowest BCUT2D eigenvalue weighted by atomic mass is 10.1. The Bertz CT molecular complexity index is 1520. The number of carbonyl (C=O) groups is 6. The van der Waals surface area contributed by atoms with E-state index in [0.29, 0.717) is 30.3 Å². The van der Waals surface area contributed by atoms with Crippen molar-refractivity contribution in [3.05, 3.63) is 36.0 Å². The SMILES string of the molecule is CCOC(=O)N1CCN(C(=O)[C@H](CCC(=O)O)NC(=O)c2cc(OCC(=O)N3CCC[C@@H]3C(=O)NC3CC3)c3ccccc3n2)CC1. The highest BCUT2D eigenvalue weighted by atomic mass is 16.6. The van der Waals surface area contributed by atoms with Gasteiger partial charge in [-0.05, 0) is 51.2 Å². The number of ether oxygens (including phenoxy) is 2. The molecule has 1 saturated carbocycles. The number of rotatable bonds is 12. The molecule has 1 aromatic heterocycles. The number of benzene rings is 1. The Morgan fingerprint density at radius 3 is 2.43 bits per heavy atom. The fourth-order valence-corrected chi connectivity index (χ4v) is 5.77. The van der Waals surface area contributed by atoms with Crippen molar-refractivity contribution in [2.24, 2.45) is 0 Å². The maximum Gasteiger partial charge on any atom is 0.409 e. The van der Waals surface area contributed by atoms with Gasteiger partial charge in [0.05, 0.1) is 12.1 Å². The molecule has 1 aromatic carbocycles. The third-order valence-electron chi connectivity index (χ3n) is 8.43. The number of nitrogens with one attached hydrogen (secondary N) is 2. The summed E-state index contributed by atoms with van der Waals surface area (Å²) in [5.74, 6) is -2.62. The molecular weight excluding hydrogens is 612 g/mol. The Hall–Kier alpha value is -4.95. The Balaban J connectivity index is 1.28. The Morgan fingerprint density at radius 2 is 1.72 bits per heavy atom. The molecule has 0 spiro atoms. The summed E-state index contributed by atoms with van der Waals surface area (Å²) in [6.45, 7) is 2.87. The Kier molecular flexibility index (Phi) is 10.7. The second kappa shape index (κ2) is 15.1. The number of carboxylic acids is 1. The third kappa shape index (κ3) is 8.45. The van der Waals surface area contributed by atoms with E-state index >= 15 is 0 Å². The van der Waals surface area contributed by atoms with Gasteiger partial charge in [0.15, 0.2) is 6.61 Å². The summed E-state index contributed by atoms with van der Waals surface area (Å²) in [6.07, 6.45) is 2.19. The molecule has 47 heavy (non-hydrogen) atoms. The number of nitrogens with zero attached hydrogens (tertiary/aromatic N) is 4. The van der Waals surface area contributed by atoms with Crippen LogP contribution < -0.4 is 15.4 Å². The molecule has 3 N–H and O–H groups in total. The first-order chi connectivity index (χ1) is 22.6. The minimum absolute atomic E-state index is 0.0886. The number of aliphatic carboxylic acids is 1. The van der Waals surface area contributed by atoms with E-state index in [2.05, 4.69) is 15.6 Å². The molecule has 1 aliphatic carbocycles. The average Bonchev–Trinajstić information content (AvgIpc) is 3.74. The van der Waals surface area contributed by atoms with Crippen LogP contribution in [0.25, 0.3) is 10.9 Å². The summed E-state index contributed by atoms with van der Waals surface area (Å²) in [6, 6.07) is 6.76. The summed E-state index contributed by atoms with van der Waals surface area (Å²) in [7, 11) is 0. The number of carbonyl (C=O) groups excluding carboxylic acids is 5. The van der Waals surface area contributed by atoms with Gasteiger partial charge in [-0.3, -0.25) is 24.0 Å². The molecule has 2 aromatic rings. The van der Waals surface area contributed by atoms with Crippen molar-refractivity contribution in [2.45, 2.75) is 63.6 Å². The summed E-state index contributed by atoms with van der Waals surface area (Å²) in [4.78, 5) is 85.2.